The van der Waals surface area contributed by atoms with Gasteiger partial charge in [-0.1, -0.05) is 23.7 Å². The van der Waals surface area contributed by atoms with Crippen LogP contribution in [0.3, 0.4) is 0 Å². The van der Waals surface area contributed by atoms with Gasteiger partial charge in [0.15, 0.2) is 0 Å². The molecule has 0 radical (unpaired) electrons. The molecule has 1 atom stereocenters. The Bertz CT molecular complexity index is 365. The van der Waals surface area contributed by atoms with E-state index in [1.165, 1.54) is 0 Å². The van der Waals surface area contributed by atoms with Crippen molar-refractivity contribution in [1.82, 2.24) is 0 Å². The Labute approximate surface area is 87.7 Å². The molecule has 1 N–H and O–H groups in total. The molecular formula is C10H11ClN2O. The number of benzene rings is 1. The van der Waals surface area contributed by atoms with Crippen LogP contribution in [0.15, 0.2) is 24.3 Å². The number of carbonyl (C=O) groups is 1. The largest absolute Gasteiger partial charge is 0.344 e. The van der Waals surface area contributed by atoms with Crippen molar-refractivity contribution in [2.45, 2.75) is 12.4 Å². The number of carbonyl (C=O) groups excluding carboxylic acids is 1. The van der Waals surface area contributed by atoms with E-state index in [9.17, 15) is 4.79 Å². The summed E-state index contributed by atoms with van der Waals surface area (Å²) >= 11 is 6.00. The topological polar surface area (TPSA) is 32.3 Å². The molecule has 74 valence electrons. The molecule has 1 amide bonds. The molecule has 1 aromatic rings. The van der Waals surface area contributed by atoms with Crippen LogP contribution < -0.4 is 10.2 Å². The molecule has 2 rings (SSSR count). The standard InChI is InChI=1S/C10H11ClN2O/c1-7(11)13-6-10(14)12-8-4-2-3-5-9(8)13/h2-5,7H,6H2,1H3,(H,12,14). The van der Waals surface area contributed by atoms with Crippen molar-refractivity contribution in [2.75, 3.05) is 16.8 Å². The van der Waals surface area contributed by atoms with Crippen molar-refractivity contribution >= 4 is 28.9 Å². The zero-order valence-corrected chi connectivity index (χ0v) is 8.58. The molecule has 1 unspecified atom stereocenters. The smallest absolute Gasteiger partial charge is 0.244 e. The van der Waals surface area contributed by atoms with Crippen LogP contribution in [0.2, 0.25) is 0 Å². The molecule has 1 aliphatic rings. The van der Waals surface area contributed by atoms with Crippen molar-refractivity contribution in [3.8, 4) is 0 Å². The Hall–Kier alpha value is -1.22. The third-order valence-corrected chi connectivity index (χ3v) is 2.47. The fourth-order valence-electron chi connectivity index (χ4n) is 1.58. The number of para-hydroxylation sites is 2. The van der Waals surface area contributed by atoms with Crippen molar-refractivity contribution in [3.63, 3.8) is 0 Å². The van der Waals surface area contributed by atoms with Gasteiger partial charge in [0.05, 0.1) is 17.9 Å². The van der Waals surface area contributed by atoms with Crippen LogP contribution in [0.1, 0.15) is 6.92 Å². The second kappa shape index (κ2) is 3.50. The molecule has 1 aliphatic heterocycles. The number of amides is 1. The molecule has 3 nitrogen and oxygen atoms in total. The minimum atomic E-state index is -0.179. The summed E-state index contributed by atoms with van der Waals surface area (Å²) in [6.07, 6.45) is 0. The number of alkyl halides is 1. The second-order valence-corrected chi connectivity index (χ2v) is 3.90. The predicted molar refractivity (Wildman–Crippen MR) is 57.7 cm³/mol. The van der Waals surface area contributed by atoms with Gasteiger partial charge < -0.3 is 10.2 Å². The molecule has 0 aromatic heterocycles. The van der Waals surface area contributed by atoms with Crippen LogP contribution in [-0.2, 0) is 4.79 Å². The number of nitrogens with one attached hydrogen (secondary N) is 1. The third kappa shape index (κ3) is 1.55. The van der Waals surface area contributed by atoms with Gasteiger partial charge in [-0.05, 0) is 19.1 Å². The van der Waals surface area contributed by atoms with Crippen LogP contribution in [0.5, 0.6) is 0 Å². The molecule has 0 saturated carbocycles. The Morgan fingerprint density at radius 2 is 2.21 bits per heavy atom. The first-order valence-corrected chi connectivity index (χ1v) is 4.92. The van der Waals surface area contributed by atoms with E-state index in [1.54, 1.807) is 0 Å². The molecule has 0 bridgehead atoms. The molecule has 0 aliphatic carbocycles. The van der Waals surface area contributed by atoms with Gasteiger partial charge in [0, 0.05) is 0 Å². The highest BCUT2D eigenvalue weighted by atomic mass is 35.5. The Morgan fingerprint density at radius 3 is 2.93 bits per heavy atom. The van der Waals surface area contributed by atoms with Crippen LogP contribution in [0.25, 0.3) is 0 Å². The predicted octanol–water partition coefficient (Wildman–Crippen LogP) is 2.03. The molecule has 0 saturated heterocycles. The molecule has 14 heavy (non-hydrogen) atoms. The fourth-order valence-corrected chi connectivity index (χ4v) is 1.75. The van der Waals surface area contributed by atoms with Gasteiger partial charge in [0.1, 0.15) is 5.50 Å². The average Bonchev–Trinajstić information content (AvgIpc) is 2.16. The maximum absolute atomic E-state index is 11.3. The van der Waals surface area contributed by atoms with E-state index < -0.39 is 0 Å². The lowest BCUT2D eigenvalue weighted by atomic mass is 10.2. The first-order chi connectivity index (χ1) is 6.68. The highest BCUT2D eigenvalue weighted by Gasteiger charge is 2.23. The lowest BCUT2D eigenvalue weighted by molar-refractivity contribution is -0.115. The summed E-state index contributed by atoms with van der Waals surface area (Å²) in [7, 11) is 0. The lowest BCUT2D eigenvalue weighted by Gasteiger charge is -2.32. The summed E-state index contributed by atoms with van der Waals surface area (Å²) in [5.74, 6) is -0.0174. The number of halogens is 1. The van der Waals surface area contributed by atoms with Gasteiger partial charge in [-0.2, -0.15) is 0 Å². The highest BCUT2D eigenvalue weighted by molar-refractivity contribution is 6.22. The number of fused-ring (bicyclic) bond motifs is 1. The van der Waals surface area contributed by atoms with E-state index in [-0.39, 0.29) is 11.4 Å². The Morgan fingerprint density at radius 1 is 1.50 bits per heavy atom. The Balaban J connectivity index is 2.43. The zero-order chi connectivity index (χ0) is 10.1. The van der Waals surface area contributed by atoms with Crippen LogP contribution in [-0.4, -0.2) is 18.0 Å². The number of rotatable bonds is 1. The van der Waals surface area contributed by atoms with E-state index in [4.69, 9.17) is 11.6 Å². The maximum atomic E-state index is 11.3. The summed E-state index contributed by atoms with van der Waals surface area (Å²) in [5.41, 5.74) is 1.63. The zero-order valence-electron chi connectivity index (χ0n) is 7.83. The van der Waals surface area contributed by atoms with E-state index in [2.05, 4.69) is 5.32 Å². The second-order valence-electron chi connectivity index (χ2n) is 3.27. The minimum absolute atomic E-state index is 0.0174. The summed E-state index contributed by atoms with van der Waals surface area (Å²) < 4.78 is 0. The maximum Gasteiger partial charge on any atom is 0.244 e. The summed E-state index contributed by atoms with van der Waals surface area (Å²) in [5, 5.41) is 2.81. The van der Waals surface area contributed by atoms with Gasteiger partial charge in [-0.15, -0.1) is 0 Å². The molecular weight excluding hydrogens is 200 g/mol. The first kappa shape index (κ1) is 9.34. The molecule has 0 fully saturated rings. The number of nitrogens with zero attached hydrogens (tertiary/aromatic N) is 1. The fraction of sp³-hybridized carbons (Fsp3) is 0.300. The monoisotopic (exact) mass is 210 g/mol. The number of hydrogen-bond donors (Lipinski definition) is 1. The van der Waals surface area contributed by atoms with Crippen molar-refractivity contribution in [3.05, 3.63) is 24.3 Å². The number of hydrogen-bond acceptors (Lipinski definition) is 2. The van der Waals surface area contributed by atoms with Gasteiger partial charge in [-0.25, -0.2) is 0 Å². The molecule has 1 heterocycles. The van der Waals surface area contributed by atoms with E-state index in [1.807, 2.05) is 36.1 Å². The van der Waals surface area contributed by atoms with Gasteiger partial charge in [-0.3, -0.25) is 4.79 Å². The van der Waals surface area contributed by atoms with Crippen molar-refractivity contribution in [1.29, 1.82) is 0 Å². The van der Waals surface area contributed by atoms with E-state index in [0.717, 1.165) is 11.4 Å². The molecule has 1 aromatic carbocycles. The SMILES string of the molecule is CC(Cl)N1CC(=O)Nc2ccccc21. The highest BCUT2D eigenvalue weighted by Crippen LogP contribution is 2.30. The first-order valence-electron chi connectivity index (χ1n) is 4.48. The van der Waals surface area contributed by atoms with Crippen LogP contribution >= 0.6 is 11.6 Å². The van der Waals surface area contributed by atoms with Gasteiger partial charge in [0.25, 0.3) is 0 Å². The Kier molecular flexibility index (Phi) is 2.33. The van der Waals surface area contributed by atoms with E-state index in [0.29, 0.717) is 6.54 Å². The normalized spacial score (nSPS) is 17.3. The van der Waals surface area contributed by atoms with Gasteiger partial charge in [0.2, 0.25) is 5.91 Å². The van der Waals surface area contributed by atoms with Crippen LogP contribution in [0.4, 0.5) is 11.4 Å². The summed E-state index contributed by atoms with van der Waals surface area (Å²) in [6, 6.07) is 7.65. The van der Waals surface area contributed by atoms with Crippen molar-refractivity contribution < 1.29 is 4.79 Å². The molecule has 4 heteroatoms. The van der Waals surface area contributed by atoms with Gasteiger partial charge >= 0.3 is 0 Å². The number of anilines is 2. The summed E-state index contributed by atoms with van der Waals surface area (Å²) in [6.45, 7) is 2.18. The molecule has 0 spiro atoms. The average molecular weight is 211 g/mol. The van der Waals surface area contributed by atoms with Crippen molar-refractivity contribution in [2.24, 2.45) is 0 Å². The lowest BCUT2D eigenvalue weighted by Crippen LogP contribution is -2.41. The minimum Gasteiger partial charge on any atom is -0.344 e. The third-order valence-electron chi connectivity index (χ3n) is 2.23. The van der Waals surface area contributed by atoms with E-state index >= 15 is 0 Å². The van der Waals surface area contributed by atoms with Crippen LogP contribution in [0, 0.1) is 0 Å². The quantitative estimate of drug-likeness (QED) is 0.568. The summed E-state index contributed by atoms with van der Waals surface area (Å²) in [4.78, 5) is 13.2.